The van der Waals surface area contributed by atoms with Gasteiger partial charge in [-0.05, 0) is 13.8 Å². The molecule has 0 unspecified atom stereocenters. The molecule has 0 radical (unpaired) electrons. The minimum absolute atomic E-state index is 0.419. The molecule has 2 rings (SSSR count). The quantitative estimate of drug-likeness (QED) is 0.851. The molecule has 2 heterocycles. The van der Waals surface area contributed by atoms with E-state index in [-0.39, 0.29) is 0 Å². The predicted molar refractivity (Wildman–Crippen MR) is 66.4 cm³/mol. The summed E-state index contributed by atoms with van der Waals surface area (Å²) >= 11 is 0. The first kappa shape index (κ1) is 11.9. The zero-order valence-electron chi connectivity index (χ0n) is 10.6. The van der Waals surface area contributed by atoms with Crippen molar-refractivity contribution >= 4 is 0 Å². The summed E-state index contributed by atoms with van der Waals surface area (Å²) in [6, 6.07) is 0.419. The Morgan fingerprint density at radius 2 is 1.76 bits per heavy atom. The summed E-state index contributed by atoms with van der Waals surface area (Å²) in [5, 5.41) is 11.8. The minimum atomic E-state index is 0.419. The number of rotatable bonds is 5. The third-order valence-electron chi connectivity index (χ3n) is 2.60. The van der Waals surface area contributed by atoms with Crippen molar-refractivity contribution in [2.45, 2.75) is 33.0 Å². The summed E-state index contributed by atoms with van der Waals surface area (Å²) < 4.78 is 3.79. The first-order valence-electron chi connectivity index (χ1n) is 5.86. The number of hydrogen-bond acceptors (Lipinski definition) is 3. The average molecular weight is 233 g/mol. The van der Waals surface area contributed by atoms with Gasteiger partial charge in [-0.3, -0.25) is 9.36 Å². The molecule has 0 aliphatic carbocycles. The van der Waals surface area contributed by atoms with Crippen molar-refractivity contribution < 1.29 is 0 Å². The van der Waals surface area contributed by atoms with Crippen LogP contribution in [0.15, 0.2) is 24.8 Å². The second kappa shape index (κ2) is 5.14. The zero-order chi connectivity index (χ0) is 12.3. The van der Waals surface area contributed by atoms with Gasteiger partial charge < -0.3 is 5.32 Å². The van der Waals surface area contributed by atoms with Crippen molar-refractivity contribution in [2.24, 2.45) is 7.05 Å². The van der Waals surface area contributed by atoms with Crippen LogP contribution in [0.4, 0.5) is 0 Å². The van der Waals surface area contributed by atoms with Crippen molar-refractivity contribution in [2.75, 3.05) is 0 Å². The van der Waals surface area contributed by atoms with Gasteiger partial charge >= 0.3 is 0 Å². The van der Waals surface area contributed by atoms with Crippen LogP contribution in [0.5, 0.6) is 0 Å². The van der Waals surface area contributed by atoms with Crippen LogP contribution in [-0.2, 0) is 20.1 Å². The van der Waals surface area contributed by atoms with Crippen LogP contribution in [0.25, 0.3) is 0 Å². The summed E-state index contributed by atoms with van der Waals surface area (Å²) in [5.74, 6) is 0. The van der Waals surface area contributed by atoms with Gasteiger partial charge in [-0.1, -0.05) is 0 Å². The maximum atomic E-state index is 4.31. The van der Waals surface area contributed by atoms with E-state index in [0.29, 0.717) is 6.04 Å². The molecule has 1 N–H and O–H groups in total. The fraction of sp³-hybridized carbons (Fsp3) is 0.500. The third-order valence-corrected chi connectivity index (χ3v) is 2.60. The molecule has 5 nitrogen and oxygen atoms in total. The molecule has 0 saturated heterocycles. The van der Waals surface area contributed by atoms with Gasteiger partial charge in [0.15, 0.2) is 0 Å². The molecule has 0 amide bonds. The summed E-state index contributed by atoms with van der Waals surface area (Å²) in [6.07, 6.45) is 7.90. The number of aryl methyl sites for hydroxylation is 1. The van der Waals surface area contributed by atoms with E-state index in [2.05, 4.69) is 35.6 Å². The fourth-order valence-corrected chi connectivity index (χ4v) is 1.67. The molecule has 0 aliphatic heterocycles. The van der Waals surface area contributed by atoms with Crippen LogP contribution >= 0.6 is 0 Å². The van der Waals surface area contributed by atoms with Crippen LogP contribution in [-0.4, -0.2) is 19.6 Å². The Balaban J connectivity index is 1.81. The van der Waals surface area contributed by atoms with E-state index in [1.807, 2.05) is 35.0 Å². The van der Waals surface area contributed by atoms with Gasteiger partial charge in [-0.15, -0.1) is 0 Å². The van der Waals surface area contributed by atoms with Gasteiger partial charge in [-0.25, -0.2) is 0 Å². The normalized spacial score (nSPS) is 11.3. The number of nitrogens with zero attached hydrogens (tertiary/aromatic N) is 4. The number of nitrogens with one attached hydrogen (secondary N) is 1. The van der Waals surface area contributed by atoms with Crippen LogP contribution in [0.2, 0.25) is 0 Å². The van der Waals surface area contributed by atoms with E-state index in [9.17, 15) is 0 Å². The SMILES string of the molecule is CC(C)n1cc(CNCc2cnn(C)c2)cn1. The third kappa shape index (κ3) is 3.17. The van der Waals surface area contributed by atoms with Gasteiger partial charge in [0.25, 0.3) is 0 Å². The standard InChI is InChI=1S/C12H19N5/c1-10(2)17-9-12(7-15-17)5-13-4-11-6-14-16(3)8-11/h6-10,13H,4-5H2,1-3H3. The molecular formula is C12H19N5. The smallest absolute Gasteiger partial charge is 0.0534 e. The topological polar surface area (TPSA) is 47.7 Å². The second-order valence-electron chi connectivity index (χ2n) is 4.55. The molecule has 0 fully saturated rings. The zero-order valence-corrected chi connectivity index (χ0v) is 10.6. The average Bonchev–Trinajstić information content (AvgIpc) is 2.88. The van der Waals surface area contributed by atoms with E-state index in [0.717, 1.165) is 13.1 Å². The van der Waals surface area contributed by atoms with Crippen LogP contribution in [0.1, 0.15) is 31.0 Å². The molecule has 0 saturated carbocycles. The summed E-state index contributed by atoms with van der Waals surface area (Å²) in [7, 11) is 1.93. The summed E-state index contributed by atoms with van der Waals surface area (Å²) in [5.41, 5.74) is 2.41. The Hall–Kier alpha value is -1.62. The highest BCUT2D eigenvalue weighted by Gasteiger charge is 2.01. The van der Waals surface area contributed by atoms with Crippen LogP contribution < -0.4 is 5.32 Å². The fourth-order valence-electron chi connectivity index (χ4n) is 1.67. The van der Waals surface area contributed by atoms with Crippen LogP contribution in [0.3, 0.4) is 0 Å². The lowest BCUT2D eigenvalue weighted by molar-refractivity contribution is 0.531. The summed E-state index contributed by atoms with van der Waals surface area (Å²) in [4.78, 5) is 0. The van der Waals surface area contributed by atoms with Gasteiger partial charge in [-0.2, -0.15) is 10.2 Å². The van der Waals surface area contributed by atoms with Gasteiger partial charge in [0.05, 0.1) is 12.4 Å². The first-order chi connectivity index (χ1) is 8.15. The Morgan fingerprint density at radius 3 is 2.29 bits per heavy atom. The largest absolute Gasteiger partial charge is 0.308 e. The van der Waals surface area contributed by atoms with E-state index < -0.39 is 0 Å². The molecule has 5 heteroatoms. The highest BCUT2D eigenvalue weighted by atomic mass is 15.3. The van der Waals surface area contributed by atoms with Crippen molar-refractivity contribution in [1.82, 2.24) is 24.9 Å². The van der Waals surface area contributed by atoms with Gasteiger partial charge in [0.2, 0.25) is 0 Å². The molecule has 92 valence electrons. The van der Waals surface area contributed by atoms with Crippen LogP contribution in [0, 0.1) is 0 Å². The minimum Gasteiger partial charge on any atom is -0.308 e. The first-order valence-corrected chi connectivity index (χ1v) is 5.86. The lowest BCUT2D eigenvalue weighted by Crippen LogP contribution is -2.11. The molecule has 0 atom stereocenters. The van der Waals surface area contributed by atoms with Gasteiger partial charge in [0.1, 0.15) is 0 Å². The summed E-state index contributed by atoms with van der Waals surface area (Å²) in [6.45, 7) is 5.92. The maximum Gasteiger partial charge on any atom is 0.0534 e. The molecule has 17 heavy (non-hydrogen) atoms. The maximum absolute atomic E-state index is 4.31. The highest BCUT2D eigenvalue weighted by Crippen LogP contribution is 2.05. The van der Waals surface area contributed by atoms with E-state index in [4.69, 9.17) is 0 Å². The molecule has 0 bridgehead atoms. The Bertz CT molecular complexity index is 469. The van der Waals surface area contributed by atoms with E-state index in [1.54, 1.807) is 0 Å². The Kier molecular flexibility index (Phi) is 3.58. The lowest BCUT2D eigenvalue weighted by atomic mass is 10.3. The van der Waals surface area contributed by atoms with Crippen molar-refractivity contribution in [3.05, 3.63) is 35.9 Å². The lowest BCUT2D eigenvalue weighted by Gasteiger charge is -2.03. The van der Waals surface area contributed by atoms with E-state index in [1.165, 1.54) is 11.1 Å². The molecule has 0 aromatic carbocycles. The molecular weight excluding hydrogens is 214 g/mol. The second-order valence-corrected chi connectivity index (χ2v) is 4.55. The van der Waals surface area contributed by atoms with Crippen molar-refractivity contribution in [3.8, 4) is 0 Å². The Morgan fingerprint density at radius 1 is 1.12 bits per heavy atom. The Labute approximate surface area is 101 Å². The van der Waals surface area contributed by atoms with Crippen molar-refractivity contribution in [1.29, 1.82) is 0 Å². The van der Waals surface area contributed by atoms with E-state index >= 15 is 0 Å². The number of hydrogen-bond donors (Lipinski definition) is 1. The monoisotopic (exact) mass is 233 g/mol. The molecule has 0 spiro atoms. The highest BCUT2D eigenvalue weighted by molar-refractivity contribution is 5.06. The molecule has 2 aromatic rings. The van der Waals surface area contributed by atoms with Gasteiger partial charge in [0, 0.05) is 49.7 Å². The molecule has 0 aliphatic rings. The predicted octanol–water partition coefficient (Wildman–Crippen LogP) is 1.49. The van der Waals surface area contributed by atoms with Crippen molar-refractivity contribution in [3.63, 3.8) is 0 Å². The molecule has 2 aromatic heterocycles. The number of aromatic nitrogens is 4.